The zero-order chi connectivity index (χ0) is 13.1. The second-order valence-electron chi connectivity index (χ2n) is 3.50. The molecule has 0 aliphatic rings. The molecule has 18 heavy (non-hydrogen) atoms. The Morgan fingerprint density at radius 3 is 2.83 bits per heavy atom. The zero-order valence-corrected chi connectivity index (χ0v) is 11.0. The Morgan fingerprint density at radius 2 is 2.11 bits per heavy atom. The molecule has 1 heterocycles. The van der Waals surface area contributed by atoms with Gasteiger partial charge in [0.1, 0.15) is 10.8 Å². The smallest absolute Gasteiger partial charge is 0.243 e. The number of hydrazine groups is 1. The molecule has 0 radical (unpaired) electrons. The quantitative estimate of drug-likeness (QED) is 0.669. The van der Waals surface area contributed by atoms with Crippen LogP contribution < -0.4 is 16.0 Å². The molecule has 0 saturated carbocycles. The fraction of sp³-hybridized carbons (Fsp3) is 0.0909. The molecule has 0 aliphatic carbocycles. The van der Waals surface area contributed by atoms with Crippen LogP contribution in [0.25, 0.3) is 0 Å². The predicted octanol–water partition coefficient (Wildman–Crippen LogP) is 3.17. The van der Waals surface area contributed by atoms with Gasteiger partial charge in [-0.1, -0.05) is 29.3 Å². The summed E-state index contributed by atoms with van der Waals surface area (Å²) in [4.78, 5) is 7.87. The van der Waals surface area contributed by atoms with Crippen LogP contribution in [0.3, 0.4) is 0 Å². The lowest BCUT2D eigenvalue weighted by Gasteiger charge is -2.10. The van der Waals surface area contributed by atoms with E-state index in [0.29, 0.717) is 10.8 Å². The highest BCUT2D eigenvalue weighted by Gasteiger charge is 2.09. The molecule has 0 saturated heterocycles. The number of ether oxygens (including phenoxy) is 1. The van der Waals surface area contributed by atoms with Gasteiger partial charge in [0.2, 0.25) is 11.8 Å². The molecule has 0 unspecified atom stereocenters. The second-order valence-corrected chi connectivity index (χ2v) is 4.35. The number of nitrogens with two attached hydrogens (primary N) is 1. The van der Waals surface area contributed by atoms with Crippen molar-refractivity contribution >= 4 is 29.2 Å². The number of benzene rings is 1. The van der Waals surface area contributed by atoms with E-state index in [-0.39, 0.29) is 16.9 Å². The molecular formula is C11H10Cl2N4O. The van der Waals surface area contributed by atoms with Crippen molar-refractivity contribution in [2.75, 3.05) is 5.43 Å². The van der Waals surface area contributed by atoms with Gasteiger partial charge in [-0.25, -0.2) is 10.8 Å². The molecule has 1 aromatic heterocycles. The third-order valence-corrected chi connectivity index (χ3v) is 2.69. The number of aryl methyl sites for hydroxylation is 1. The monoisotopic (exact) mass is 284 g/mol. The van der Waals surface area contributed by atoms with E-state index in [0.717, 1.165) is 5.56 Å². The lowest BCUT2D eigenvalue weighted by Crippen LogP contribution is -2.10. The topological polar surface area (TPSA) is 73.1 Å². The van der Waals surface area contributed by atoms with Gasteiger partial charge < -0.3 is 4.74 Å². The van der Waals surface area contributed by atoms with Gasteiger partial charge in [0.05, 0.1) is 6.20 Å². The summed E-state index contributed by atoms with van der Waals surface area (Å²) in [6.07, 6.45) is 1.40. The Kier molecular flexibility index (Phi) is 3.86. The molecule has 0 bridgehead atoms. The van der Waals surface area contributed by atoms with Crippen LogP contribution >= 0.6 is 23.2 Å². The minimum absolute atomic E-state index is 0.213. The van der Waals surface area contributed by atoms with Crippen molar-refractivity contribution < 1.29 is 4.74 Å². The van der Waals surface area contributed by atoms with Crippen LogP contribution in [0.5, 0.6) is 11.6 Å². The minimum Gasteiger partial charge on any atom is -0.437 e. The van der Waals surface area contributed by atoms with Crippen LogP contribution in [0.1, 0.15) is 5.56 Å². The second kappa shape index (κ2) is 5.39. The molecule has 5 nitrogen and oxygen atoms in total. The van der Waals surface area contributed by atoms with Crippen LogP contribution in [0.2, 0.25) is 10.0 Å². The first-order valence-electron chi connectivity index (χ1n) is 5.03. The number of anilines is 1. The molecule has 1 aromatic carbocycles. The fourth-order valence-electron chi connectivity index (χ4n) is 1.28. The van der Waals surface area contributed by atoms with Crippen molar-refractivity contribution in [1.29, 1.82) is 0 Å². The average molecular weight is 285 g/mol. The summed E-state index contributed by atoms with van der Waals surface area (Å²) in [6, 6.07) is 5.30. The van der Waals surface area contributed by atoms with Crippen LogP contribution in [-0.4, -0.2) is 9.97 Å². The van der Waals surface area contributed by atoms with Crippen molar-refractivity contribution in [3.8, 4) is 11.6 Å². The highest BCUT2D eigenvalue weighted by Crippen LogP contribution is 2.31. The summed E-state index contributed by atoms with van der Waals surface area (Å²) in [5, 5.41) is 0.853. The summed E-state index contributed by atoms with van der Waals surface area (Å²) in [5.41, 5.74) is 3.23. The van der Waals surface area contributed by atoms with Gasteiger partial charge >= 0.3 is 0 Å². The number of rotatable bonds is 3. The summed E-state index contributed by atoms with van der Waals surface area (Å²) in [7, 11) is 0. The largest absolute Gasteiger partial charge is 0.437 e. The molecule has 3 N–H and O–H groups in total. The molecule has 0 aliphatic heterocycles. The Bertz CT molecular complexity index is 577. The first kappa shape index (κ1) is 12.9. The lowest BCUT2D eigenvalue weighted by molar-refractivity contribution is 0.459. The van der Waals surface area contributed by atoms with Crippen LogP contribution in [-0.2, 0) is 0 Å². The van der Waals surface area contributed by atoms with E-state index in [1.807, 2.05) is 13.0 Å². The molecule has 0 spiro atoms. The van der Waals surface area contributed by atoms with Crippen molar-refractivity contribution in [2.45, 2.75) is 6.92 Å². The molecule has 0 fully saturated rings. The Morgan fingerprint density at radius 1 is 1.33 bits per heavy atom. The van der Waals surface area contributed by atoms with Gasteiger partial charge in [-0.2, -0.15) is 4.98 Å². The summed E-state index contributed by atoms with van der Waals surface area (Å²) >= 11 is 11.8. The molecule has 2 aromatic rings. The van der Waals surface area contributed by atoms with Gasteiger partial charge in [-0.3, -0.25) is 5.43 Å². The first-order chi connectivity index (χ1) is 8.60. The maximum Gasteiger partial charge on any atom is 0.243 e. The van der Waals surface area contributed by atoms with Crippen LogP contribution in [0, 0.1) is 6.92 Å². The van der Waals surface area contributed by atoms with Gasteiger partial charge in [-0.05, 0) is 24.6 Å². The van der Waals surface area contributed by atoms with Crippen LogP contribution in [0.4, 0.5) is 5.95 Å². The number of nitrogens with zero attached hydrogens (tertiary/aromatic N) is 2. The van der Waals surface area contributed by atoms with Gasteiger partial charge in [0.25, 0.3) is 0 Å². The fourth-order valence-corrected chi connectivity index (χ4v) is 1.57. The normalized spacial score (nSPS) is 10.2. The van der Waals surface area contributed by atoms with Crippen LogP contribution in [0.15, 0.2) is 24.4 Å². The number of aromatic nitrogens is 2. The van der Waals surface area contributed by atoms with Crippen molar-refractivity contribution in [1.82, 2.24) is 9.97 Å². The maximum absolute atomic E-state index is 5.94. The van der Waals surface area contributed by atoms with E-state index in [1.165, 1.54) is 6.20 Å². The number of hydrogen-bond acceptors (Lipinski definition) is 5. The molecule has 7 heteroatoms. The summed E-state index contributed by atoms with van der Waals surface area (Å²) in [5.74, 6) is 6.23. The summed E-state index contributed by atoms with van der Waals surface area (Å²) < 4.78 is 5.60. The van der Waals surface area contributed by atoms with Gasteiger partial charge in [0.15, 0.2) is 0 Å². The van der Waals surface area contributed by atoms with E-state index in [2.05, 4.69) is 15.4 Å². The highest BCUT2D eigenvalue weighted by molar-refractivity contribution is 6.31. The standard InChI is InChI=1S/C11H10Cl2N4O/c1-6-2-3-7(12)4-9(6)18-10-8(13)5-15-11(16-10)17-14/h2-5H,14H2,1H3,(H,15,16,17). The molecule has 0 atom stereocenters. The Labute approximate surface area is 114 Å². The lowest BCUT2D eigenvalue weighted by atomic mass is 10.2. The van der Waals surface area contributed by atoms with Gasteiger partial charge in [0, 0.05) is 5.02 Å². The predicted molar refractivity (Wildman–Crippen MR) is 71.1 cm³/mol. The molecule has 94 valence electrons. The molecular weight excluding hydrogens is 275 g/mol. The highest BCUT2D eigenvalue weighted by atomic mass is 35.5. The number of halogens is 2. The van der Waals surface area contributed by atoms with E-state index in [9.17, 15) is 0 Å². The van der Waals surface area contributed by atoms with Crippen molar-refractivity contribution in [3.05, 3.63) is 40.0 Å². The Balaban J connectivity index is 2.36. The third kappa shape index (κ3) is 2.81. The first-order valence-corrected chi connectivity index (χ1v) is 5.79. The molecule has 0 amide bonds. The van der Waals surface area contributed by atoms with E-state index >= 15 is 0 Å². The number of nitrogens with one attached hydrogen (secondary N) is 1. The van der Waals surface area contributed by atoms with E-state index in [4.69, 9.17) is 33.8 Å². The number of nitrogen functional groups attached to an aromatic ring is 1. The van der Waals surface area contributed by atoms with E-state index in [1.54, 1.807) is 12.1 Å². The zero-order valence-electron chi connectivity index (χ0n) is 9.45. The number of hydrogen-bond donors (Lipinski definition) is 2. The van der Waals surface area contributed by atoms with Gasteiger partial charge in [-0.15, -0.1) is 0 Å². The maximum atomic E-state index is 5.94. The van der Waals surface area contributed by atoms with Crippen molar-refractivity contribution in [2.24, 2.45) is 5.84 Å². The minimum atomic E-state index is 0.213. The third-order valence-electron chi connectivity index (χ3n) is 2.20. The SMILES string of the molecule is Cc1ccc(Cl)cc1Oc1nc(NN)ncc1Cl. The Hall–Kier alpha value is -1.56. The van der Waals surface area contributed by atoms with E-state index < -0.39 is 0 Å². The van der Waals surface area contributed by atoms with Crippen molar-refractivity contribution in [3.63, 3.8) is 0 Å². The summed E-state index contributed by atoms with van der Waals surface area (Å²) in [6.45, 7) is 1.89. The average Bonchev–Trinajstić information content (AvgIpc) is 2.36. The molecule has 2 rings (SSSR count).